The van der Waals surface area contributed by atoms with Crippen LogP contribution in [0.3, 0.4) is 0 Å². The lowest BCUT2D eigenvalue weighted by Gasteiger charge is -2.44. The number of hydrogen-bond acceptors (Lipinski definition) is 3. The maximum absolute atomic E-state index is 5.98. The maximum Gasteiger partial charge on any atom is 0.163 e. The highest BCUT2D eigenvalue weighted by Gasteiger charge is 2.40. The molecular weight excluding hydrogens is 192 g/mol. The molecule has 1 atom stereocenters. The molecule has 0 aromatic carbocycles. The first-order valence-corrected chi connectivity index (χ1v) is 5.56. The van der Waals surface area contributed by atoms with Crippen molar-refractivity contribution in [1.82, 2.24) is 0 Å². The number of rotatable bonds is 5. The lowest BCUT2D eigenvalue weighted by molar-refractivity contribution is -0.319. The molecule has 0 N–H and O–H groups in total. The summed E-state index contributed by atoms with van der Waals surface area (Å²) in [7, 11) is 0. The summed E-state index contributed by atoms with van der Waals surface area (Å²) in [6.45, 7) is 11.6. The number of hydrogen-bond donors (Lipinski definition) is 0. The average Bonchev–Trinajstić information content (AvgIpc) is 2.17. The van der Waals surface area contributed by atoms with Gasteiger partial charge in [-0.25, -0.2) is 0 Å². The standard InChI is InChI=1S/C12H22O3/c1-5-8-13-10-12(6-2)7-9-14-11(3,4)15-12/h5H,1,6-10H2,2-4H3. The molecular formula is C12H22O3. The maximum atomic E-state index is 5.98. The largest absolute Gasteiger partial charge is 0.374 e. The van der Waals surface area contributed by atoms with E-state index >= 15 is 0 Å². The van der Waals surface area contributed by atoms with E-state index in [1.54, 1.807) is 6.08 Å². The van der Waals surface area contributed by atoms with E-state index in [0.29, 0.717) is 13.2 Å². The molecule has 1 heterocycles. The average molecular weight is 214 g/mol. The Balaban J connectivity index is 2.54. The van der Waals surface area contributed by atoms with Gasteiger partial charge in [0.2, 0.25) is 0 Å². The molecule has 0 amide bonds. The van der Waals surface area contributed by atoms with Crippen molar-refractivity contribution in [2.24, 2.45) is 0 Å². The second kappa shape index (κ2) is 5.10. The van der Waals surface area contributed by atoms with Crippen LogP contribution in [0.1, 0.15) is 33.6 Å². The Bertz CT molecular complexity index is 213. The summed E-state index contributed by atoms with van der Waals surface area (Å²) in [5.41, 5.74) is -0.190. The van der Waals surface area contributed by atoms with Crippen LogP contribution in [0.5, 0.6) is 0 Å². The molecule has 1 fully saturated rings. The second-order valence-corrected chi connectivity index (χ2v) is 4.44. The van der Waals surface area contributed by atoms with E-state index in [9.17, 15) is 0 Å². The summed E-state index contributed by atoms with van der Waals surface area (Å²) in [6.07, 6.45) is 3.59. The third-order valence-electron chi connectivity index (χ3n) is 2.71. The highest BCUT2D eigenvalue weighted by Crippen LogP contribution is 2.33. The molecule has 3 nitrogen and oxygen atoms in total. The highest BCUT2D eigenvalue weighted by atomic mass is 16.7. The van der Waals surface area contributed by atoms with Gasteiger partial charge in [-0.05, 0) is 20.3 Å². The predicted molar refractivity (Wildman–Crippen MR) is 59.8 cm³/mol. The number of ether oxygens (including phenoxy) is 3. The molecule has 0 spiro atoms. The summed E-state index contributed by atoms with van der Waals surface area (Å²) < 4.78 is 17.0. The SMILES string of the molecule is C=CCOCC1(CC)CCOC(C)(C)O1. The highest BCUT2D eigenvalue weighted by molar-refractivity contribution is 4.85. The monoisotopic (exact) mass is 214 g/mol. The summed E-state index contributed by atoms with van der Waals surface area (Å²) in [5.74, 6) is -0.494. The van der Waals surface area contributed by atoms with E-state index in [-0.39, 0.29) is 5.60 Å². The molecule has 0 bridgehead atoms. The fourth-order valence-corrected chi connectivity index (χ4v) is 1.87. The first-order chi connectivity index (χ1) is 7.04. The van der Waals surface area contributed by atoms with Crippen molar-refractivity contribution in [1.29, 1.82) is 0 Å². The minimum atomic E-state index is -0.494. The first kappa shape index (κ1) is 12.7. The zero-order chi connectivity index (χ0) is 11.4. The normalized spacial score (nSPS) is 30.1. The van der Waals surface area contributed by atoms with Gasteiger partial charge in [0.25, 0.3) is 0 Å². The Morgan fingerprint density at radius 3 is 2.73 bits per heavy atom. The fourth-order valence-electron chi connectivity index (χ4n) is 1.87. The van der Waals surface area contributed by atoms with Crippen molar-refractivity contribution in [3.05, 3.63) is 12.7 Å². The van der Waals surface area contributed by atoms with Gasteiger partial charge >= 0.3 is 0 Å². The van der Waals surface area contributed by atoms with Gasteiger partial charge < -0.3 is 14.2 Å². The van der Waals surface area contributed by atoms with Crippen LogP contribution in [-0.2, 0) is 14.2 Å². The quantitative estimate of drug-likeness (QED) is 0.520. The summed E-state index contributed by atoms with van der Waals surface area (Å²) in [4.78, 5) is 0. The van der Waals surface area contributed by atoms with Crippen molar-refractivity contribution >= 4 is 0 Å². The smallest absolute Gasteiger partial charge is 0.163 e. The van der Waals surface area contributed by atoms with Crippen molar-refractivity contribution < 1.29 is 14.2 Å². The van der Waals surface area contributed by atoms with E-state index in [0.717, 1.165) is 19.4 Å². The third-order valence-corrected chi connectivity index (χ3v) is 2.71. The van der Waals surface area contributed by atoms with Crippen LogP contribution in [0.25, 0.3) is 0 Å². The molecule has 1 unspecified atom stereocenters. The Hall–Kier alpha value is -0.380. The van der Waals surface area contributed by atoms with Gasteiger partial charge in [-0.3, -0.25) is 0 Å². The Morgan fingerprint density at radius 1 is 1.47 bits per heavy atom. The molecule has 0 saturated carbocycles. The van der Waals surface area contributed by atoms with Gasteiger partial charge in [0.15, 0.2) is 5.79 Å². The van der Waals surface area contributed by atoms with Crippen molar-refractivity contribution in [3.8, 4) is 0 Å². The molecule has 0 aromatic rings. The van der Waals surface area contributed by atoms with Gasteiger partial charge in [-0.2, -0.15) is 0 Å². The predicted octanol–water partition coefficient (Wildman–Crippen LogP) is 2.51. The van der Waals surface area contributed by atoms with Crippen LogP contribution >= 0.6 is 0 Å². The molecule has 1 saturated heterocycles. The third kappa shape index (κ3) is 3.59. The van der Waals surface area contributed by atoms with E-state index < -0.39 is 5.79 Å². The topological polar surface area (TPSA) is 27.7 Å². The van der Waals surface area contributed by atoms with Crippen LogP contribution in [0, 0.1) is 0 Å². The summed E-state index contributed by atoms with van der Waals surface area (Å²) in [6, 6.07) is 0. The first-order valence-electron chi connectivity index (χ1n) is 5.56. The van der Waals surface area contributed by atoms with Crippen LogP contribution in [0.2, 0.25) is 0 Å². The van der Waals surface area contributed by atoms with E-state index in [4.69, 9.17) is 14.2 Å². The molecule has 0 radical (unpaired) electrons. The molecule has 1 aliphatic heterocycles. The summed E-state index contributed by atoms with van der Waals surface area (Å²) in [5, 5.41) is 0. The molecule has 0 aromatic heterocycles. The Kier molecular flexibility index (Phi) is 4.32. The van der Waals surface area contributed by atoms with Crippen molar-refractivity contribution in [2.45, 2.75) is 45.0 Å². The minimum absolute atomic E-state index is 0.190. The van der Waals surface area contributed by atoms with Gasteiger partial charge in [-0.15, -0.1) is 6.58 Å². The van der Waals surface area contributed by atoms with Crippen LogP contribution in [0.4, 0.5) is 0 Å². The van der Waals surface area contributed by atoms with Crippen molar-refractivity contribution in [2.75, 3.05) is 19.8 Å². The molecule has 3 heteroatoms. The molecule has 15 heavy (non-hydrogen) atoms. The zero-order valence-electron chi connectivity index (χ0n) is 10.0. The minimum Gasteiger partial charge on any atom is -0.374 e. The lowest BCUT2D eigenvalue weighted by atomic mass is 9.95. The molecule has 88 valence electrons. The van der Waals surface area contributed by atoms with E-state index in [1.165, 1.54) is 0 Å². The van der Waals surface area contributed by atoms with Gasteiger partial charge in [0, 0.05) is 6.42 Å². The van der Waals surface area contributed by atoms with Gasteiger partial charge in [0.05, 0.1) is 25.4 Å². The molecule has 0 aliphatic carbocycles. The fraction of sp³-hybridized carbons (Fsp3) is 0.833. The van der Waals surface area contributed by atoms with E-state index in [1.807, 2.05) is 13.8 Å². The lowest BCUT2D eigenvalue weighted by Crippen LogP contribution is -2.51. The molecule has 1 rings (SSSR count). The van der Waals surface area contributed by atoms with Crippen LogP contribution in [-0.4, -0.2) is 31.2 Å². The molecule has 1 aliphatic rings. The second-order valence-electron chi connectivity index (χ2n) is 4.44. The Labute approximate surface area is 92.4 Å². The van der Waals surface area contributed by atoms with Crippen molar-refractivity contribution in [3.63, 3.8) is 0 Å². The Morgan fingerprint density at radius 2 is 2.20 bits per heavy atom. The van der Waals surface area contributed by atoms with E-state index in [2.05, 4.69) is 13.5 Å². The van der Waals surface area contributed by atoms with Gasteiger partial charge in [-0.1, -0.05) is 13.0 Å². The summed E-state index contributed by atoms with van der Waals surface area (Å²) >= 11 is 0. The van der Waals surface area contributed by atoms with Gasteiger partial charge in [0.1, 0.15) is 0 Å². The van der Waals surface area contributed by atoms with Crippen LogP contribution in [0.15, 0.2) is 12.7 Å². The van der Waals surface area contributed by atoms with Crippen LogP contribution < -0.4 is 0 Å². The zero-order valence-corrected chi connectivity index (χ0v) is 10.0.